The topological polar surface area (TPSA) is 3.24 Å². The molecule has 0 aliphatic heterocycles. The molecule has 0 aliphatic carbocycles. The van der Waals surface area contributed by atoms with E-state index in [-0.39, 0.29) is 0 Å². The fraction of sp³-hybridized carbons (Fsp3) is 0.0323. The maximum absolute atomic E-state index is 2.31. The van der Waals surface area contributed by atoms with Crippen LogP contribution in [0.25, 0.3) is 22.3 Å². The molecular weight excluding hydrogens is 386 g/mol. The van der Waals surface area contributed by atoms with Gasteiger partial charge in [-0.25, -0.2) is 0 Å². The summed E-state index contributed by atoms with van der Waals surface area (Å²) in [4.78, 5) is 2.31. The van der Waals surface area contributed by atoms with Gasteiger partial charge in [0.05, 0.1) is 0 Å². The molecule has 0 N–H and O–H groups in total. The molecule has 5 aromatic carbocycles. The lowest BCUT2D eigenvalue weighted by Gasteiger charge is -2.26. The molecule has 154 valence electrons. The summed E-state index contributed by atoms with van der Waals surface area (Å²) in [7, 11) is 0. The van der Waals surface area contributed by atoms with Gasteiger partial charge in [-0.05, 0) is 65.6 Å². The molecule has 0 spiro atoms. The Morgan fingerprint density at radius 2 is 0.656 bits per heavy atom. The zero-order valence-corrected chi connectivity index (χ0v) is 18.1. The lowest BCUT2D eigenvalue weighted by molar-refractivity contribution is 1.27. The monoisotopic (exact) mass is 411 g/mol. The summed E-state index contributed by atoms with van der Waals surface area (Å²) in [5, 5.41) is 0. The molecule has 0 fully saturated rings. The number of nitrogens with zero attached hydrogens (tertiary/aromatic N) is 1. The van der Waals surface area contributed by atoms with E-state index in [1.165, 1.54) is 27.8 Å². The van der Waals surface area contributed by atoms with Crippen molar-refractivity contribution in [3.63, 3.8) is 0 Å². The molecule has 0 amide bonds. The quantitative estimate of drug-likeness (QED) is 0.279. The zero-order valence-electron chi connectivity index (χ0n) is 18.1. The molecule has 1 nitrogen and oxygen atoms in total. The van der Waals surface area contributed by atoms with E-state index < -0.39 is 0 Å². The summed E-state index contributed by atoms with van der Waals surface area (Å²) in [5.74, 6) is 0. The summed E-state index contributed by atoms with van der Waals surface area (Å²) < 4.78 is 0. The van der Waals surface area contributed by atoms with E-state index in [0.29, 0.717) is 0 Å². The largest absolute Gasteiger partial charge is 0.311 e. The third-order valence-electron chi connectivity index (χ3n) is 5.76. The summed E-state index contributed by atoms with van der Waals surface area (Å²) in [6.07, 6.45) is 0. The predicted molar refractivity (Wildman–Crippen MR) is 137 cm³/mol. The number of rotatable bonds is 5. The van der Waals surface area contributed by atoms with E-state index in [0.717, 1.165) is 17.1 Å². The Morgan fingerprint density at radius 3 is 1.03 bits per heavy atom. The highest BCUT2D eigenvalue weighted by atomic mass is 15.1. The molecule has 32 heavy (non-hydrogen) atoms. The van der Waals surface area contributed by atoms with Crippen molar-refractivity contribution in [1.82, 2.24) is 0 Å². The van der Waals surface area contributed by atoms with Crippen LogP contribution in [0.5, 0.6) is 0 Å². The third kappa shape index (κ3) is 4.19. The highest BCUT2D eigenvalue weighted by molar-refractivity contribution is 5.79. The fourth-order valence-corrected chi connectivity index (χ4v) is 4.01. The summed E-state index contributed by atoms with van der Waals surface area (Å²) >= 11 is 0. The highest BCUT2D eigenvalue weighted by Gasteiger charge is 2.13. The molecule has 1 heteroatoms. The van der Waals surface area contributed by atoms with Gasteiger partial charge >= 0.3 is 0 Å². The van der Waals surface area contributed by atoms with Crippen LogP contribution in [-0.2, 0) is 0 Å². The first-order valence-electron chi connectivity index (χ1n) is 11.0. The second kappa shape index (κ2) is 8.95. The maximum atomic E-state index is 2.31. The zero-order chi connectivity index (χ0) is 21.8. The molecule has 0 saturated carbocycles. The number of benzene rings is 5. The first-order chi connectivity index (χ1) is 15.8. The Balaban J connectivity index is 1.53. The smallest absolute Gasteiger partial charge is 0.0462 e. The Morgan fingerprint density at radius 1 is 0.344 bits per heavy atom. The third-order valence-corrected chi connectivity index (χ3v) is 5.76. The molecule has 0 aromatic heterocycles. The molecule has 0 aliphatic rings. The van der Waals surface area contributed by atoms with Gasteiger partial charge in [0.2, 0.25) is 0 Å². The number of hydrogen-bond donors (Lipinski definition) is 0. The Bertz CT molecular complexity index is 1190. The lowest BCUT2D eigenvalue weighted by atomic mass is 10.0. The minimum absolute atomic E-state index is 1.14. The Hall–Kier alpha value is -4.10. The van der Waals surface area contributed by atoms with Crippen molar-refractivity contribution in [3.05, 3.63) is 139 Å². The van der Waals surface area contributed by atoms with Gasteiger partial charge in [-0.3, -0.25) is 0 Å². The van der Waals surface area contributed by atoms with Crippen LogP contribution >= 0.6 is 0 Å². The maximum Gasteiger partial charge on any atom is 0.0462 e. The van der Waals surface area contributed by atoms with Gasteiger partial charge in [-0.1, -0.05) is 103 Å². The number of anilines is 3. The molecule has 0 heterocycles. The SMILES string of the molecule is Cc1ccc(N(c2ccc(-c3ccccc3)cc2)c2ccc(-c3ccccc3)cc2)cc1. The van der Waals surface area contributed by atoms with Crippen molar-refractivity contribution in [2.75, 3.05) is 4.90 Å². The molecule has 0 radical (unpaired) electrons. The Labute approximate surface area is 190 Å². The van der Waals surface area contributed by atoms with Gasteiger partial charge in [0.15, 0.2) is 0 Å². The number of hydrogen-bond acceptors (Lipinski definition) is 1. The van der Waals surface area contributed by atoms with Gasteiger partial charge in [0.1, 0.15) is 0 Å². The normalized spacial score (nSPS) is 10.7. The summed E-state index contributed by atoms with van der Waals surface area (Å²) in [6.45, 7) is 2.12. The van der Waals surface area contributed by atoms with Crippen LogP contribution in [-0.4, -0.2) is 0 Å². The van der Waals surface area contributed by atoms with Gasteiger partial charge in [-0.2, -0.15) is 0 Å². The van der Waals surface area contributed by atoms with Crippen LogP contribution in [0.2, 0.25) is 0 Å². The van der Waals surface area contributed by atoms with Crippen LogP contribution in [0.1, 0.15) is 5.56 Å². The summed E-state index contributed by atoms with van der Waals surface area (Å²) in [6, 6.07) is 47.3. The second-order valence-corrected chi connectivity index (χ2v) is 8.00. The minimum atomic E-state index is 1.14. The van der Waals surface area contributed by atoms with Crippen LogP contribution in [0.3, 0.4) is 0 Å². The van der Waals surface area contributed by atoms with E-state index in [1.54, 1.807) is 0 Å². The average Bonchev–Trinajstić information content (AvgIpc) is 2.87. The van der Waals surface area contributed by atoms with Crippen LogP contribution in [0, 0.1) is 6.92 Å². The van der Waals surface area contributed by atoms with Gasteiger partial charge < -0.3 is 4.90 Å². The van der Waals surface area contributed by atoms with E-state index in [9.17, 15) is 0 Å². The van der Waals surface area contributed by atoms with E-state index in [4.69, 9.17) is 0 Å². The van der Waals surface area contributed by atoms with E-state index >= 15 is 0 Å². The van der Waals surface area contributed by atoms with Gasteiger partial charge in [0.25, 0.3) is 0 Å². The van der Waals surface area contributed by atoms with Crippen molar-refractivity contribution < 1.29 is 0 Å². The van der Waals surface area contributed by atoms with E-state index in [1.807, 2.05) is 0 Å². The molecule has 0 unspecified atom stereocenters. The van der Waals surface area contributed by atoms with Gasteiger partial charge in [-0.15, -0.1) is 0 Å². The molecular formula is C31H25N. The van der Waals surface area contributed by atoms with Crippen molar-refractivity contribution >= 4 is 17.1 Å². The van der Waals surface area contributed by atoms with Crippen LogP contribution in [0.15, 0.2) is 133 Å². The molecule has 0 saturated heterocycles. The fourth-order valence-electron chi connectivity index (χ4n) is 4.01. The number of aryl methyl sites for hydroxylation is 1. The van der Waals surface area contributed by atoms with Crippen LogP contribution in [0.4, 0.5) is 17.1 Å². The lowest BCUT2D eigenvalue weighted by Crippen LogP contribution is -2.09. The van der Waals surface area contributed by atoms with E-state index in [2.05, 4.69) is 145 Å². The van der Waals surface area contributed by atoms with Crippen molar-refractivity contribution in [2.45, 2.75) is 6.92 Å². The Kier molecular flexibility index (Phi) is 5.55. The molecule has 0 bridgehead atoms. The van der Waals surface area contributed by atoms with Crippen molar-refractivity contribution in [2.24, 2.45) is 0 Å². The standard InChI is InChI=1S/C31H25N/c1-24-12-18-29(19-13-24)32(30-20-14-27(15-21-30)25-8-4-2-5-9-25)31-22-16-28(17-23-31)26-10-6-3-7-11-26/h2-23H,1H3. The van der Waals surface area contributed by atoms with Crippen molar-refractivity contribution in [3.8, 4) is 22.3 Å². The van der Waals surface area contributed by atoms with Crippen molar-refractivity contribution in [1.29, 1.82) is 0 Å². The molecule has 0 atom stereocenters. The minimum Gasteiger partial charge on any atom is -0.311 e. The second-order valence-electron chi connectivity index (χ2n) is 8.00. The van der Waals surface area contributed by atoms with Crippen LogP contribution < -0.4 is 4.90 Å². The first-order valence-corrected chi connectivity index (χ1v) is 11.0. The first kappa shape index (κ1) is 19.8. The predicted octanol–water partition coefficient (Wildman–Crippen LogP) is 8.80. The highest BCUT2D eigenvalue weighted by Crippen LogP contribution is 2.36. The molecule has 5 rings (SSSR count). The van der Waals surface area contributed by atoms with Gasteiger partial charge in [0, 0.05) is 17.1 Å². The molecule has 5 aromatic rings. The average molecular weight is 412 g/mol. The summed E-state index contributed by atoms with van der Waals surface area (Å²) in [5.41, 5.74) is 9.58.